The highest BCUT2D eigenvalue weighted by molar-refractivity contribution is 4.84. The normalized spacial score (nSPS) is 30.6. The molecule has 2 fully saturated rings. The molecule has 0 aliphatic heterocycles. The summed E-state index contributed by atoms with van der Waals surface area (Å²) in [6, 6.07) is 0. The smallest absolute Gasteiger partial charge is 0.0383 e. The summed E-state index contributed by atoms with van der Waals surface area (Å²) in [4.78, 5) is 0. The van der Waals surface area contributed by atoms with Crippen LogP contribution in [0, 0.1) is 17.8 Å². The van der Waals surface area contributed by atoms with E-state index in [0.717, 1.165) is 17.8 Å². The molecule has 2 aliphatic rings. The van der Waals surface area contributed by atoms with Crippen molar-refractivity contribution in [3.05, 3.63) is 0 Å². The van der Waals surface area contributed by atoms with Gasteiger partial charge in [0.15, 0.2) is 0 Å². The maximum absolute atomic E-state index is 2.35. The lowest BCUT2D eigenvalue weighted by Gasteiger charge is -2.00. The van der Waals surface area contributed by atoms with Crippen LogP contribution in [0.2, 0.25) is 0 Å². The van der Waals surface area contributed by atoms with E-state index in [-0.39, 0.29) is 0 Å². The van der Waals surface area contributed by atoms with Crippen LogP contribution in [0.4, 0.5) is 0 Å². The van der Waals surface area contributed by atoms with Crippen molar-refractivity contribution in [3.63, 3.8) is 0 Å². The summed E-state index contributed by atoms with van der Waals surface area (Å²) in [5.74, 6) is 3.42. The Kier molecular flexibility index (Phi) is 3.89. The second-order valence-electron chi connectivity index (χ2n) is 5.60. The van der Waals surface area contributed by atoms with Gasteiger partial charge in [-0.05, 0) is 24.2 Å². The van der Waals surface area contributed by atoms with Gasteiger partial charge in [-0.25, -0.2) is 0 Å². The molecule has 2 unspecified atom stereocenters. The number of hydrogen-bond acceptors (Lipinski definition) is 0. The van der Waals surface area contributed by atoms with Gasteiger partial charge < -0.3 is 0 Å². The zero-order valence-corrected chi connectivity index (χ0v) is 9.80. The molecule has 0 aromatic rings. The van der Waals surface area contributed by atoms with E-state index in [2.05, 4.69) is 6.92 Å². The van der Waals surface area contributed by atoms with Crippen molar-refractivity contribution >= 4 is 0 Å². The summed E-state index contributed by atoms with van der Waals surface area (Å²) in [5.41, 5.74) is 0. The molecule has 0 N–H and O–H groups in total. The summed E-state index contributed by atoms with van der Waals surface area (Å²) >= 11 is 0. The molecule has 0 spiro atoms. The SMILES string of the molecule is CCC1CC1CCCCCCC1CC1. The minimum absolute atomic E-state index is 1.13. The van der Waals surface area contributed by atoms with E-state index in [4.69, 9.17) is 0 Å². The second-order valence-corrected chi connectivity index (χ2v) is 5.60. The van der Waals surface area contributed by atoms with Crippen LogP contribution in [0.1, 0.15) is 71.1 Å². The molecule has 0 saturated heterocycles. The lowest BCUT2D eigenvalue weighted by molar-refractivity contribution is 0.536. The fourth-order valence-corrected chi connectivity index (χ4v) is 2.76. The highest BCUT2D eigenvalue weighted by Gasteiger charge is 2.33. The predicted molar refractivity (Wildman–Crippen MR) is 62.3 cm³/mol. The monoisotopic (exact) mass is 194 g/mol. The Hall–Kier alpha value is 0. The largest absolute Gasteiger partial charge is 0.0651 e. The van der Waals surface area contributed by atoms with Gasteiger partial charge in [0.1, 0.15) is 0 Å². The van der Waals surface area contributed by atoms with Gasteiger partial charge in [-0.1, -0.05) is 64.7 Å². The third kappa shape index (κ3) is 3.63. The molecule has 0 bridgehead atoms. The van der Waals surface area contributed by atoms with Crippen LogP contribution in [0.15, 0.2) is 0 Å². The van der Waals surface area contributed by atoms with E-state index >= 15 is 0 Å². The molecule has 82 valence electrons. The first-order valence-corrected chi connectivity index (χ1v) is 6.90. The van der Waals surface area contributed by atoms with E-state index in [1.54, 1.807) is 32.1 Å². The molecule has 0 radical (unpaired) electrons. The Morgan fingerprint density at radius 1 is 0.857 bits per heavy atom. The first kappa shape index (κ1) is 10.5. The van der Waals surface area contributed by atoms with Crippen LogP contribution < -0.4 is 0 Å². The minimum atomic E-state index is 1.13. The molecular formula is C14H26. The molecule has 0 nitrogen and oxygen atoms in total. The Labute approximate surface area is 89.5 Å². The number of rotatable bonds is 8. The van der Waals surface area contributed by atoms with Gasteiger partial charge >= 0.3 is 0 Å². The van der Waals surface area contributed by atoms with Crippen LogP contribution in [0.3, 0.4) is 0 Å². The van der Waals surface area contributed by atoms with E-state index < -0.39 is 0 Å². The first-order chi connectivity index (χ1) is 6.90. The van der Waals surface area contributed by atoms with Crippen molar-refractivity contribution in [3.8, 4) is 0 Å². The van der Waals surface area contributed by atoms with Crippen molar-refractivity contribution in [2.75, 3.05) is 0 Å². The van der Waals surface area contributed by atoms with Crippen molar-refractivity contribution in [1.82, 2.24) is 0 Å². The van der Waals surface area contributed by atoms with E-state index in [0.29, 0.717) is 0 Å². The van der Waals surface area contributed by atoms with Gasteiger partial charge in [0.05, 0.1) is 0 Å². The summed E-state index contributed by atoms with van der Waals surface area (Å²) in [5, 5.41) is 0. The van der Waals surface area contributed by atoms with Crippen LogP contribution in [-0.4, -0.2) is 0 Å². The number of hydrogen-bond donors (Lipinski definition) is 0. The van der Waals surface area contributed by atoms with E-state index in [1.165, 1.54) is 32.1 Å². The highest BCUT2D eigenvalue weighted by atomic mass is 14.4. The molecule has 0 heteroatoms. The minimum Gasteiger partial charge on any atom is -0.0651 e. The van der Waals surface area contributed by atoms with Crippen molar-refractivity contribution in [2.24, 2.45) is 17.8 Å². The van der Waals surface area contributed by atoms with Gasteiger partial charge in [-0.2, -0.15) is 0 Å². The Bertz CT molecular complexity index is 157. The fraction of sp³-hybridized carbons (Fsp3) is 1.00. The van der Waals surface area contributed by atoms with Crippen LogP contribution in [0.25, 0.3) is 0 Å². The Balaban J connectivity index is 1.33. The average Bonchev–Trinajstić information content (AvgIpc) is 3.05. The molecule has 2 rings (SSSR count). The molecule has 2 atom stereocenters. The van der Waals surface area contributed by atoms with E-state index in [9.17, 15) is 0 Å². The Morgan fingerprint density at radius 2 is 1.57 bits per heavy atom. The van der Waals surface area contributed by atoms with E-state index in [1.807, 2.05) is 0 Å². The summed E-state index contributed by atoms with van der Waals surface area (Å²) in [6.45, 7) is 2.35. The van der Waals surface area contributed by atoms with Crippen molar-refractivity contribution in [2.45, 2.75) is 71.1 Å². The topological polar surface area (TPSA) is 0 Å². The number of unbranched alkanes of at least 4 members (excludes halogenated alkanes) is 3. The standard InChI is InChI=1S/C14H26/c1-2-13-11-14(13)8-6-4-3-5-7-12-9-10-12/h12-14H,2-11H2,1H3. The zero-order valence-electron chi connectivity index (χ0n) is 9.80. The Morgan fingerprint density at radius 3 is 2.14 bits per heavy atom. The van der Waals surface area contributed by atoms with Crippen LogP contribution in [-0.2, 0) is 0 Å². The van der Waals surface area contributed by atoms with Crippen LogP contribution in [0.5, 0.6) is 0 Å². The zero-order chi connectivity index (χ0) is 9.80. The second kappa shape index (κ2) is 5.19. The summed E-state index contributed by atoms with van der Waals surface area (Å²) in [6.07, 6.45) is 15.2. The molecule has 0 amide bonds. The maximum atomic E-state index is 2.35. The maximum Gasteiger partial charge on any atom is -0.0383 e. The van der Waals surface area contributed by atoms with Gasteiger partial charge in [0.2, 0.25) is 0 Å². The lowest BCUT2D eigenvalue weighted by Crippen LogP contribution is -1.84. The molecule has 0 heterocycles. The average molecular weight is 194 g/mol. The van der Waals surface area contributed by atoms with Crippen molar-refractivity contribution < 1.29 is 0 Å². The summed E-state index contributed by atoms with van der Waals surface area (Å²) < 4.78 is 0. The highest BCUT2D eigenvalue weighted by Crippen LogP contribution is 2.44. The molecular weight excluding hydrogens is 168 g/mol. The summed E-state index contributed by atoms with van der Waals surface area (Å²) in [7, 11) is 0. The quantitative estimate of drug-likeness (QED) is 0.488. The molecule has 2 aliphatic carbocycles. The third-order valence-electron chi connectivity index (χ3n) is 4.23. The van der Waals surface area contributed by atoms with Gasteiger partial charge in [0.25, 0.3) is 0 Å². The predicted octanol–water partition coefficient (Wildman–Crippen LogP) is 4.78. The third-order valence-corrected chi connectivity index (χ3v) is 4.23. The lowest BCUT2D eigenvalue weighted by atomic mass is 10.1. The van der Waals surface area contributed by atoms with Gasteiger partial charge in [-0.3, -0.25) is 0 Å². The molecule has 0 aromatic heterocycles. The van der Waals surface area contributed by atoms with Gasteiger partial charge in [0, 0.05) is 0 Å². The first-order valence-electron chi connectivity index (χ1n) is 6.90. The van der Waals surface area contributed by atoms with Gasteiger partial charge in [-0.15, -0.1) is 0 Å². The molecule has 2 saturated carbocycles. The van der Waals surface area contributed by atoms with Crippen LogP contribution >= 0.6 is 0 Å². The molecule has 0 aromatic carbocycles. The molecule has 14 heavy (non-hydrogen) atoms. The van der Waals surface area contributed by atoms with Crippen molar-refractivity contribution in [1.29, 1.82) is 0 Å². The fourth-order valence-electron chi connectivity index (χ4n) is 2.76.